The average Bonchev–Trinajstić information content (AvgIpc) is 3.31. The Bertz CT molecular complexity index is 575. The molecule has 0 saturated heterocycles. The molecule has 1 aliphatic carbocycles. The van der Waals surface area contributed by atoms with Crippen molar-refractivity contribution in [3.8, 4) is 5.75 Å². The van der Waals surface area contributed by atoms with Crippen LogP contribution in [0.4, 0.5) is 0 Å². The van der Waals surface area contributed by atoms with Gasteiger partial charge in [0.2, 0.25) is 0 Å². The van der Waals surface area contributed by atoms with Crippen LogP contribution < -0.4 is 10.1 Å². The summed E-state index contributed by atoms with van der Waals surface area (Å²) in [5.41, 5.74) is 2.46. The van der Waals surface area contributed by atoms with Gasteiger partial charge in [0.25, 0.3) is 0 Å². The minimum atomic E-state index is 0.183. The quantitative estimate of drug-likeness (QED) is 0.843. The molecule has 0 bridgehead atoms. The Morgan fingerprint density at radius 3 is 2.14 bits per heavy atom. The van der Waals surface area contributed by atoms with Crippen LogP contribution >= 0.6 is 11.6 Å². The van der Waals surface area contributed by atoms with E-state index in [1.165, 1.54) is 24.0 Å². The maximum atomic E-state index is 5.98. The van der Waals surface area contributed by atoms with Gasteiger partial charge in [-0.05, 0) is 54.8 Å². The topological polar surface area (TPSA) is 21.3 Å². The second-order valence-electron chi connectivity index (χ2n) is 5.43. The van der Waals surface area contributed by atoms with Crippen molar-refractivity contribution in [2.75, 3.05) is 6.54 Å². The van der Waals surface area contributed by atoms with E-state index in [2.05, 4.69) is 48.6 Å². The van der Waals surface area contributed by atoms with Crippen LogP contribution in [0.2, 0.25) is 5.02 Å². The van der Waals surface area contributed by atoms with Gasteiger partial charge in [0.15, 0.2) is 0 Å². The van der Waals surface area contributed by atoms with Crippen LogP contribution in [0.1, 0.15) is 36.9 Å². The van der Waals surface area contributed by atoms with Gasteiger partial charge in [0, 0.05) is 5.02 Å². The van der Waals surface area contributed by atoms with Crippen molar-refractivity contribution in [1.29, 1.82) is 0 Å². The summed E-state index contributed by atoms with van der Waals surface area (Å²) in [4.78, 5) is 0. The first-order chi connectivity index (χ1) is 10.3. The molecule has 3 heteroatoms. The standard InChI is InChI=1S/C18H20ClNO/c1-2-20-18(13-3-7-15(19)8-4-13)14-5-9-16(10-6-14)21-17-11-12-17/h3-10,17-18,20H,2,11-12H2,1H3. The zero-order valence-corrected chi connectivity index (χ0v) is 12.9. The largest absolute Gasteiger partial charge is 0.490 e. The van der Waals surface area contributed by atoms with Crippen LogP contribution in [0.15, 0.2) is 48.5 Å². The van der Waals surface area contributed by atoms with Crippen LogP contribution in [0, 0.1) is 0 Å². The number of nitrogens with one attached hydrogen (secondary N) is 1. The van der Waals surface area contributed by atoms with Crippen molar-refractivity contribution in [3.63, 3.8) is 0 Å². The lowest BCUT2D eigenvalue weighted by Crippen LogP contribution is -2.21. The first-order valence-corrected chi connectivity index (χ1v) is 7.89. The predicted molar refractivity (Wildman–Crippen MR) is 87.1 cm³/mol. The number of ether oxygens (including phenoxy) is 1. The van der Waals surface area contributed by atoms with Crippen LogP contribution in [0.3, 0.4) is 0 Å². The van der Waals surface area contributed by atoms with E-state index in [1.54, 1.807) is 0 Å². The third-order valence-electron chi connectivity index (χ3n) is 3.65. The smallest absolute Gasteiger partial charge is 0.119 e. The Balaban J connectivity index is 1.80. The van der Waals surface area contributed by atoms with Crippen molar-refractivity contribution in [2.45, 2.75) is 31.9 Å². The van der Waals surface area contributed by atoms with E-state index >= 15 is 0 Å². The lowest BCUT2D eigenvalue weighted by molar-refractivity contribution is 0.303. The number of rotatable bonds is 6. The molecule has 1 unspecified atom stereocenters. The molecule has 1 N–H and O–H groups in total. The summed E-state index contributed by atoms with van der Waals surface area (Å²) in [5.74, 6) is 0.965. The Hall–Kier alpha value is -1.51. The third-order valence-corrected chi connectivity index (χ3v) is 3.90. The summed E-state index contributed by atoms with van der Waals surface area (Å²) in [5, 5.41) is 4.29. The second kappa shape index (κ2) is 6.50. The van der Waals surface area contributed by atoms with Crippen molar-refractivity contribution in [1.82, 2.24) is 5.32 Å². The van der Waals surface area contributed by atoms with Gasteiger partial charge in [0.1, 0.15) is 5.75 Å². The molecule has 2 nitrogen and oxygen atoms in total. The van der Waals surface area contributed by atoms with E-state index in [9.17, 15) is 0 Å². The third kappa shape index (κ3) is 3.78. The molecule has 0 aliphatic heterocycles. The number of hydrogen-bond donors (Lipinski definition) is 1. The fourth-order valence-corrected chi connectivity index (χ4v) is 2.53. The molecule has 2 aromatic rings. The molecule has 21 heavy (non-hydrogen) atoms. The summed E-state index contributed by atoms with van der Waals surface area (Å²) in [6, 6.07) is 16.6. The van der Waals surface area contributed by atoms with E-state index < -0.39 is 0 Å². The molecule has 1 saturated carbocycles. The molecule has 1 fully saturated rings. The molecule has 0 radical (unpaired) electrons. The van der Waals surface area contributed by atoms with Gasteiger partial charge >= 0.3 is 0 Å². The Morgan fingerprint density at radius 1 is 1.05 bits per heavy atom. The van der Waals surface area contributed by atoms with Gasteiger partial charge in [0.05, 0.1) is 12.1 Å². The summed E-state index contributed by atoms with van der Waals surface area (Å²) in [6.07, 6.45) is 2.82. The van der Waals surface area contributed by atoms with Gasteiger partial charge in [-0.2, -0.15) is 0 Å². The van der Waals surface area contributed by atoms with Crippen LogP contribution in [0.25, 0.3) is 0 Å². The van der Waals surface area contributed by atoms with Crippen LogP contribution in [-0.2, 0) is 0 Å². The minimum Gasteiger partial charge on any atom is -0.490 e. The second-order valence-corrected chi connectivity index (χ2v) is 5.86. The fourth-order valence-electron chi connectivity index (χ4n) is 2.40. The summed E-state index contributed by atoms with van der Waals surface area (Å²) in [6.45, 7) is 3.03. The van der Waals surface area contributed by atoms with Crippen molar-refractivity contribution in [3.05, 3.63) is 64.7 Å². The van der Waals surface area contributed by atoms with Crippen LogP contribution in [0.5, 0.6) is 5.75 Å². The molecule has 110 valence electrons. The molecule has 0 spiro atoms. The van der Waals surface area contributed by atoms with E-state index in [0.717, 1.165) is 17.3 Å². The molecular weight excluding hydrogens is 282 g/mol. The highest BCUT2D eigenvalue weighted by atomic mass is 35.5. The first kappa shape index (κ1) is 14.4. The first-order valence-electron chi connectivity index (χ1n) is 7.51. The fraction of sp³-hybridized carbons (Fsp3) is 0.333. The molecule has 1 atom stereocenters. The summed E-state index contributed by atoms with van der Waals surface area (Å²) in [7, 11) is 0. The zero-order chi connectivity index (χ0) is 14.7. The molecule has 1 aliphatic rings. The Labute approximate surface area is 131 Å². The number of hydrogen-bond acceptors (Lipinski definition) is 2. The van der Waals surface area contributed by atoms with Crippen molar-refractivity contribution < 1.29 is 4.74 Å². The lowest BCUT2D eigenvalue weighted by atomic mass is 9.98. The summed E-state index contributed by atoms with van der Waals surface area (Å²) < 4.78 is 5.80. The predicted octanol–water partition coefficient (Wildman–Crippen LogP) is 4.58. The normalized spacial score (nSPS) is 15.7. The highest BCUT2D eigenvalue weighted by Crippen LogP contribution is 2.29. The highest BCUT2D eigenvalue weighted by Gasteiger charge is 2.23. The molecule has 3 rings (SSSR count). The van der Waals surface area contributed by atoms with Gasteiger partial charge in [-0.15, -0.1) is 0 Å². The van der Waals surface area contributed by atoms with E-state index in [0.29, 0.717) is 6.10 Å². The van der Waals surface area contributed by atoms with Crippen molar-refractivity contribution >= 4 is 11.6 Å². The SMILES string of the molecule is CCNC(c1ccc(Cl)cc1)c1ccc(OC2CC2)cc1. The highest BCUT2D eigenvalue weighted by molar-refractivity contribution is 6.30. The Kier molecular flexibility index (Phi) is 4.47. The van der Waals surface area contributed by atoms with Gasteiger partial charge in [-0.3, -0.25) is 0 Å². The van der Waals surface area contributed by atoms with E-state index in [-0.39, 0.29) is 6.04 Å². The maximum absolute atomic E-state index is 5.98. The molecule has 0 amide bonds. The molecular formula is C18H20ClNO. The minimum absolute atomic E-state index is 0.183. The maximum Gasteiger partial charge on any atom is 0.119 e. The molecule has 2 aromatic carbocycles. The molecule has 0 aromatic heterocycles. The van der Waals surface area contributed by atoms with Gasteiger partial charge in [-0.25, -0.2) is 0 Å². The summed E-state index contributed by atoms with van der Waals surface area (Å²) >= 11 is 5.98. The molecule has 0 heterocycles. The Morgan fingerprint density at radius 2 is 1.62 bits per heavy atom. The van der Waals surface area contributed by atoms with Gasteiger partial charge < -0.3 is 10.1 Å². The number of benzene rings is 2. The van der Waals surface area contributed by atoms with E-state index in [1.807, 2.05) is 12.1 Å². The zero-order valence-electron chi connectivity index (χ0n) is 12.2. The number of halogens is 1. The lowest BCUT2D eigenvalue weighted by Gasteiger charge is -2.19. The average molecular weight is 302 g/mol. The van der Waals surface area contributed by atoms with Crippen LogP contribution in [-0.4, -0.2) is 12.6 Å². The van der Waals surface area contributed by atoms with E-state index in [4.69, 9.17) is 16.3 Å². The van der Waals surface area contributed by atoms with Crippen molar-refractivity contribution in [2.24, 2.45) is 0 Å². The van der Waals surface area contributed by atoms with Gasteiger partial charge in [-0.1, -0.05) is 42.8 Å². The monoisotopic (exact) mass is 301 g/mol.